The Labute approximate surface area is 138 Å². The molecule has 0 bridgehead atoms. The maximum atomic E-state index is 11.2. The first kappa shape index (κ1) is 20.4. The second-order valence-electron chi connectivity index (χ2n) is 3.65. The number of thiol groups is 1. The van der Waals surface area contributed by atoms with E-state index in [1.165, 1.54) is 18.2 Å². The Morgan fingerprint density at radius 1 is 1.45 bits per heavy atom. The zero-order valence-electron chi connectivity index (χ0n) is 14.4. The van der Waals surface area contributed by atoms with Crippen LogP contribution in [0.25, 0.3) is 0 Å². The number of aliphatic hydroxyl groups is 1. The van der Waals surface area contributed by atoms with Gasteiger partial charge >= 0.3 is 5.97 Å². The Morgan fingerprint density at radius 3 is 2.55 bits per heavy atom. The molecule has 0 radical (unpaired) electrons. The van der Waals surface area contributed by atoms with Crippen molar-refractivity contribution < 1.29 is 19.6 Å². The number of benzene rings is 1. The monoisotopic (exact) mass is 333 g/mol. The lowest BCUT2D eigenvalue weighted by atomic mass is 10.0. The lowest BCUT2D eigenvalue weighted by Gasteiger charge is -2.10. The van der Waals surface area contributed by atoms with Crippen molar-refractivity contribution >= 4 is 24.3 Å². The third-order valence-electron chi connectivity index (χ3n) is 2.40. The third kappa shape index (κ3) is 8.63. The summed E-state index contributed by atoms with van der Waals surface area (Å²) >= 11 is 3.53. The molecule has 7 heteroatoms. The first-order valence-electron chi connectivity index (χ1n) is 7.46. The molecule has 0 aromatic heterocycles. The highest BCUT2D eigenvalue weighted by molar-refractivity contribution is 7.79. The maximum absolute atomic E-state index is 11.2. The number of hydrogen-bond donors (Lipinski definition) is 2. The smallest absolute Gasteiger partial charge is 0.305 e. The highest BCUT2D eigenvalue weighted by Gasteiger charge is 2.20. The van der Waals surface area contributed by atoms with Crippen molar-refractivity contribution in [1.29, 1.82) is 1.43 Å². The molecule has 0 amide bonds. The van der Waals surface area contributed by atoms with Gasteiger partial charge in [0.05, 0.1) is 23.2 Å². The van der Waals surface area contributed by atoms with Crippen LogP contribution < -0.4 is 0 Å². The Kier molecular flexibility index (Phi) is 13.3. The van der Waals surface area contributed by atoms with Crippen LogP contribution in [0.4, 0.5) is 5.69 Å². The maximum Gasteiger partial charge on any atom is 0.305 e. The molecule has 1 N–H and O–H groups in total. The average molecular weight is 333 g/mol. The second kappa shape index (κ2) is 14.3. The van der Waals surface area contributed by atoms with E-state index in [0.717, 1.165) is 0 Å². The van der Waals surface area contributed by atoms with Gasteiger partial charge < -0.3 is 9.85 Å². The highest BCUT2D eigenvalue weighted by Crippen LogP contribution is 2.27. The summed E-state index contributed by atoms with van der Waals surface area (Å²) in [5.74, 6) is -0.414. The zero-order chi connectivity index (χ0) is 18.3. The molecule has 22 heavy (non-hydrogen) atoms. The van der Waals surface area contributed by atoms with Crippen LogP contribution in [0.3, 0.4) is 0 Å². The summed E-state index contributed by atoms with van der Waals surface area (Å²) in [4.78, 5) is 21.6. The minimum atomic E-state index is -0.828. The standard InChI is InChI=1S/C12H15NO5.C2H6.CH4S/c1-2-18-12(15)8-7-11(14)9-5-3-4-6-10(9)13(16)17;2*1-2/h3-6,11,14H,2,7-8H2,1H3;1-2H3;2H,1H3/i14T;;. The molecule has 1 rings (SSSR count). The fraction of sp³-hybridized carbons (Fsp3) is 0.533. The van der Waals surface area contributed by atoms with Crippen LogP contribution in [0.1, 0.15) is 45.3 Å². The van der Waals surface area contributed by atoms with Gasteiger partial charge in [-0.1, -0.05) is 26.0 Å². The van der Waals surface area contributed by atoms with Crippen molar-refractivity contribution in [3.8, 4) is 0 Å². The number of nitrogens with zero attached hydrogens (tertiary/aromatic N) is 1. The SMILES string of the molecule is CC.CS.[3H]OC(CCC(=O)OCC)c1ccccc1[N+](=O)[O-]. The fourth-order valence-electron chi connectivity index (χ4n) is 1.56. The number of rotatable bonds is 7. The van der Waals surface area contributed by atoms with Crippen LogP contribution in [-0.2, 0) is 9.53 Å². The largest absolute Gasteiger partial charge is 0.466 e. The van der Waals surface area contributed by atoms with Crippen LogP contribution in [0.15, 0.2) is 24.3 Å². The number of carbonyl (C=O) groups excluding carboxylic acids is 1. The van der Waals surface area contributed by atoms with Crippen molar-refractivity contribution in [2.75, 3.05) is 12.9 Å². The van der Waals surface area contributed by atoms with Gasteiger partial charge in [0.25, 0.3) is 5.69 Å². The second-order valence-corrected chi connectivity index (χ2v) is 3.65. The molecule has 0 saturated heterocycles. The van der Waals surface area contributed by atoms with Gasteiger partial charge in [0.15, 0.2) is 0 Å². The number of esters is 1. The van der Waals surface area contributed by atoms with Crippen molar-refractivity contribution in [3.63, 3.8) is 0 Å². The number of para-hydroxylation sites is 1. The molecule has 0 heterocycles. The van der Waals surface area contributed by atoms with Crippen molar-refractivity contribution in [2.45, 2.75) is 39.7 Å². The Bertz CT molecular complexity index is 459. The third-order valence-corrected chi connectivity index (χ3v) is 2.40. The summed E-state index contributed by atoms with van der Waals surface area (Å²) in [6.45, 7) is 5.97. The van der Waals surface area contributed by atoms with Gasteiger partial charge in [-0.15, -0.1) is 0 Å². The summed E-state index contributed by atoms with van der Waals surface area (Å²) in [6, 6.07) is 6.01. The van der Waals surface area contributed by atoms with E-state index >= 15 is 0 Å². The molecule has 6 nitrogen and oxygen atoms in total. The fourth-order valence-corrected chi connectivity index (χ4v) is 1.56. The van der Waals surface area contributed by atoms with Crippen molar-refractivity contribution in [1.82, 2.24) is 0 Å². The minimum absolute atomic E-state index is 0.0451. The topological polar surface area (TPSA) is 89.7 Å². The van der Waals surface area contributed by atoms with Crippen LogP contribution in [0.2, 0.25) is 0 Å². The number of ether oxygens (including phenoxy) is 1. The Morgan fingerprint density at radius 2 is 2.05 bits per heavy atom. The van der Waals surface area contributed by atoms with Gasteiger partial charge in [-0.05, 0) is 25.7 Å². The van der Waals surface area contributed by atoms with E-state index < -0.39 is 17.0 Å². The normalized spacial score (nSPS) is 10.9. The minimum Gasteiger partial charge on any atom is -0.466 e. The van der Waals surface area contributed by atoms with E-state index in [0.29, 0.717) is 0 Å². The van der Waals surface area contributed by atoms with Crippen LogP contribution >= 0.6 is 12.6 Å². The molecule has 0 spiro atoms. The number of carbonyl (C=O) groups is 1. The molecular weight excluding hydrogens is 306 g/mol. The average Bonchev–Trinajstić information content (AvgIpc) is 2.59. The van der Waals surface area contributed by atoms with E-state index in [4.69, 9.17) is 6.17 Å². The Hall–Kier alpha value is -1.60. The van der Waals surface area contributed by atoms with E-state index in [1.807, 2.05) is 13.8 Å². The molecular formula is C15H25NO5S. The number of nitro benzene ring substituents is 1. The summed E-state index contributed by atoms with van der Waals surface area (Å²) < 4.78 is 11.8. The van der Waals surface area contributed by atoms with Gasteiger partial charge in [-0.3, -0.25) is 14.9 Å². The molecule has 1 aromatic carbocycles. The molecule has 0 aliphatic carbocycles. The first-order chi connectivity index (χ1) is 11.1. The highest BCUT2D eigenvalue weighted by atomic mass is 32.1. The van der Waals surface area contributed by atoms with E-state index in [1.54, 1.807) is 19.2 Å². The van der Waals surface area contributed by atoms with Gasteiger partial charge in [0, 0.05) is 12.5 Å². The summed E-state index contributed by atoms with van der Waals surface area (Å²) in [6.07, 6.45) is 1.07. The van der Waals surface area contributed by atoms with Gasteiger partial charge in [0.1, 0.15) is 0 Å². The quantitative estimate of drug-likeness (QED) is 0.345. The van der Waals surface area contributed by atoms with Gasteiger partial charge in [0.2, 0.25) is 1.43 Å². The van der Waals surface area contributed by atoms with Crippen molar-refractivity contribution in [3.05, 3.63) is 39.9 Å². The lowest BCUT2D eigenvalue weighted by molar-refractivity contribution is -0.386. The summed E-state index contributed by atoms with van der Waals surface area (Å²) in [7, 11) is 0. The van der Waals surface area contributed by atoms with Gasteiger partial charge in [-0.25, -0.2) is 0 Å². The molecule has 1 aromatic rings. The van der Waals surface area contributed by atoms with E-state index in [2.05, 4.69) is 17.7 Å². The Balaban J connectivity index is 0. The number of aliphatic hydroxyl groups excluding tert-OH is 1. The van der Waals surface area contributed by atoms with E-state index in [-0.39, 0.29) is 30.7 Å². The molecule has 0 fully saturated rings. The lowest BCUT2D eigenvalue weighted by Crippen LogP contribution is -2.08. The molecule has 126 valence electrons. The molecule has 0 aliphatic heterocycles. The molecule has 1 unspecified atom stereocenters. The van der Waals surface area contributed by atoms with Gasteiger partial charge in [-0.2, -0.15) is 12.6 Å². The number of hydrogen-bond acceptors (Lipinski definition) is 6. The van der Waals surface area contributed by atoms with Crippen LogP contribution in [-0.4, -0.2) is 30.3 Å². The predicted molar refractivity (Wildman–Crippen MR) is 90.2 cm³/mol. The molecule has 1 atom stereocenters. The predicted octanol–water partition coefficient (Wildman–Crippen LogP) is 3.54. The van der Waals surface area contributed by atoms with E-state index in [9.17, 15) is 14.9 Å². The van der Waals surface area contributed by atoms with Crippen LogP contribution in [0.5, 0.6) is 0 Å². The first-order valence-corrected chi connectivity index (χ1v) is 7.95. The zero-order valence-corrected chi connectivity index (χ0v) is 14.3. The molecule has 0 aliphatic rings. The molecule has 0 saturated carbocycles. The summed E-state index contributed by atoms with van der Waals surface area (Å²) in [5, 5.41) is 15.4. The van der Waals surface area contributed by atoms with Crippen LogP contribution in [0, 0.1) is 10.1 Å². The number of nitro groups is 1. The van der Waals surface area contributed by atoms with Crippen molar-refractivity contribution in [2.24, 2.45) is 0 Å². The summed E-state index contributed by atoms with van der Waals surface area (Å²) in [5.41, 5.74) is 0.162.